The van der Waals surface area contributed by atoms with Crippen molar-refractivity contribution in [2.45, 2.75) is 32.6 Å². The molecule has 32 heavy (non-hydrogen) atoms. The van der Waals surface area contributed by atoms with Crippen molar-refractivity contribution in [3.63, 3.8) is 0 Å². The van der Waals surface area contributed by atoms with E-state index >= 15 is 0 Å². The van der Waals surface area contributed by atoms with Gasteiger partial charge in [0.1, 0.15) is 17.9 Å². The number of nitrogens with one attached hydrogen (secondary N) is 1. The van der Waals surface area contributed by atoms with E-state index in [9.17, 15) is 4.79 Å². The first-order chi connectivity index (χ1) is 15.7. The summed E-state index contributed by atoms with van der Waals surface area (Å²) in [4.78, 5) is 23.4. The van der Waals surface area contributed by atoms with Gasteiger partial charge in [0.25, 0.3) is 0 Å². The zero-order valence-corrected chi connectivity index (χ0v) is 18.5. The molecule has 1 amide bonds. The van der Waals surface area contributed by atoms with Gasteiger partial charge in [0.05, 0.1) is 0 Å². The van der Waals surface area contributed by atoms with Crippen molar-refractivity contribution in [2.24, 2.45) is 5.92 Å². The number of aromatic nitrogens is 2. The SMILES string of the molecule is CCc1ccc(Oc2cc(N3CCC(C(=O)NCCc4ccccc4)CC3)ncn2)cc1. The van der Waals surface area contributed by atoms with Crippen molar-refractivity contribution in [3.8, 4) is 11.6 Å². The maximum Gasteiger partial charge on any atom is 0.224 e. The number of rotatable bonds is 8. The lowest BCUT2D eigenvalue weighted by Gasteiger charge is -2.32. The zero-order chi connectivity index (χ0) is 22.2. The third kappa shape index (κ3) is 5.84. The van der Waals surface area contributed by atoms with Crippen LogP contribution in [0.1, 0.15) is 30.9 Å². The Labute approximate surface area is 189 Å². The van der Waals surface area contributed by atoms with Gasteiger partial charge in [-0.1, -0.05) is 49.4 Å². The fourth-order valence-electron chi connectivity index (χ4n) is 3.96. The number of hydrogen-bond acceptors (Lipinski definition) is 5. The quantitative estimate of drug-likeness (QED) is 0.573. The minimum atomic E-state index is 0.0525. The lowest BCUT2D eigenvalue weighted by molar-refractivity contribution is -0.125. The Hall–Kier alpha value is -3.41. The third-order valence-electron chi connectivity index (χ3n) is 5.93. The number of amides is 1. The van der Waals surface area contributed by atoms with Crippen LogP contribution in [0.25, 0.3) is 0 Å². The minimum Gasteiger partial charge on any atom is -0.439 e. The van der Waals surface area contributed by atoms with Crippen LogP contribution in [0.5, 0.6) is 11.6 Å². The second-order valence-corrected chi connectivity index (χ2v) is 8.10. The Morgan fingerprint density at radius 1 is 1.03 bits per heavy atom. The average molecular weight is 431 g/mol. The van der Waals surface area contributed by atoms with Crippen LogP contribution in [-0.4, -0.2) is 35.5 Å². The fourth-order valence-corrected chi connectivity index (χ4v) is 3.96. The van der Waals surface area contributed by atoms with Crippen LogP contribution in [0.4, 0.5) is 5.82 Å². The summed E-state index contributed by atoms with van der Waals surface area (Å²) in [6, 6.07) is 20.2. The molecular weight excluding hydrogens is 400 g/mol. The van der Waals surface area contributed by atoms with Crippen LogP contribution in [-0.2, 0) is 17.6 Å². The summed E-state index contributed by atoms with van der Waals surface area (Å²) in [5.74, 6) is 2.33. The maximum absolute atomic E-state index is 12.6. The van der Waals surface area contributed by atoms with Crippen LogP contribution < -0.4 is 15.0 Å². The standard InChI is InChI=1S/C26H30N4O2/c1-2-20-8-10-23(11-9-20)32-25-18-24(28-19-29-25)30-16-13-22(14-17-30)26(31)27-15-12-21-6-4-3-5-7-21/h3-11,18-19,22H,2,12-17H2,1H3,(H,27,31). The second kappa shape index (κ2) is 10.8. The molecule has 2 aromatic carbocycles. The summed E-state index contributed by atoms with van der Waals surface area (Å²) in [5, 5.41) is 3.10. The number of ether oxygens (including phenoxy) is 1. The molecule has 0 atom stereocenters. The number of piperidine rings is 1. The first-order valence-electron chi connectivity index (χ1n) is 11.4. The molecule has 0 unspecified atom stereocenters. The van der Waals surface area contributed by atoms with Crippen LogP contribution in [0, 0.1) is 5.92 Å². The van der Waals surface area contributed by atoms with Gasteiger partial charge in [-0.05, 0) is 48.9 Å². The molecule has 0 spiro atoms. The van der Waals surface area contributed by atoms with Crippen molar-refractivity contribution in [1.29, 1.82) is 0 Å². The first-order valence-corrected chi connectivity index (χ1v) is 11.4. The summed E-state index contributed by atoms with van der Waals surface area (Å²) in [5.41, 5.74) is 2.51. The van der Waals surface area contributed by atoms with E-state index < -0.39 is 0 Å². The lowest BCUT2D eigenvalue weighted by atomic mass is 9.96. The zero-order valence-electron chi connectivity index (χ0n) is 18.5. The molecule has 1 fully saturated rings. The van der Waals surface area contributed by atoms with Gasteiger partial charge in [0, 0.05) is 31.6 Å². The smallest absolute Gasteiger partial charge is 0.224 e. The van der Waals surface area contributed by atoms with Gasteiger partial charge >= 0.3 is 0 Å². The van der Waals surface area contributed by atoms with E-state index in [-0.39, 0.29) is 11.8 Å². The van der Waals surface area contributed by atoms with Gasteiger partial charge in [-0.3, -0.25) is 4.79 Å². The second-order valence-electron chi connectivity index (χ2n) is 8.10. The van der Waals surface area contributed by atoms with Crippen LogP contribution >= 0.6 is 0 Å². The van der Waals surface area contributed by atoms with E-state index in [0.717, 1.165) is 50.3 Å². The van der Waals surface area contributed by atoms with Crippen molar-refractivity contribution < 1.29 is 9.53 Å². The summed E-state index contributed by atoms with van der Waals surface area (Å²) in [7, 11) is 0. The van der Waals surface area contributed by atoms with Gasteiger partial charge in [0.2, 0.25) is 11.8 Å². The Bertz CT molecular complexity index is 1000. The Morgan fingerprint density at radius 2 is 1.78 bits per heavy atom. The third-order valence-corrected chi connectivity index (χ3v) is 5.93. The van der Waals surface area contributed by atoms with E-state index in [0.29, 0.717) is 12.4 Å². The van der Waals surface area contributed by atoms with Gasteiger partial charge in [-0.25, -0.2) is 9.97 Å². The summed E-state index contributed by atoms with van der Waals surface area (Å²) in [6.07, 6.45) is 5.02. The van der Waals surface area contributed by atoms with E-state index in [4.69, 9.17) is 4.74 Å². The number of carbonyl (C=O) groups is 1. The molecule has 4 rings (SSSR count). The molecule has 6 heteroatoms. The highest BCUT2D eigenvalue weighted by Gasteiger charge is 2.25. The normalized spacial score (nSPS) is 14.2. The molecule has 166 valence electrons. The van der Waals surface area contributed by atoms with Crippen molar-refractivity contribution >= 4 is 11.7 Å². The van der Waals surface area contributed by atoms with Gasteiger partial charge in [0.15, 0.2) is 0 Å². The molecule has 1 N–H and O–H groups in total. The molecule has 1 aromatic heterocycles. The van der Waals surface area contributed by atoms with E-state index in [1.54, 1.807) is 0 Å². The van der Waals surface area contributed by atoms with Crippen LogP contribution in [0.2, 0.25) is 0 Å². The first kappa shape index (κ1) is 21.8. The molecule has 0 bridgehead atoms. The number of carbonyl (C=O) groups excluding carboxylic acids is 1. The summed E-state index contributed by atoms with van der Waals surface area (Å²) < 4.78 is 5.91. The predicted octanol–water partition coefficient (Wildman–Crippen LogP) is 4.41. The molecular formula is C26H30N4O2. The highest BCUT2D eigenvalue weighted by Crippen LogP contribution is 2.26. The van der Waals surface area contributed by atoms with E-state index in [1.807, 2.05) is 36.4 Å². The van der Waals surface area contributed by atoms with Crippen molar-refractivity contribution in [2.75, 3.05) is 24.5 Å². The predicted molar refractivity (Wildman–Crippen MR) is 126 cm³/mol. The molecule has 1 aliphatic heterocycles. The number of aryl methyl sites for hydroxylation is 1. The van der Waals surface area contributed by atoms with E-state index in [1.165, 1.54) is 17.5 Å². The molecule has 2 heterocycles. The molecule has 3 aromatic rings. The summed E-state index contributed by atoms with van der Waals surface area (Å²) in [6.45, 7) is 4.38. The van der Waals surface area contributed by atoms with Gasteiger partial charge in [-0.15, -0.1) is 0 Å². The largest absolute Gasteiger partial charge is 0.439 e. The molecule has 1 saturated heterocycles. The fraction of sp³-hybridized carbons (Fsp3) is 0.346. The monoisotopic (exact) mass is 430 g/mol. The van der Waals surface area contributed by atoms with Crippen LogP contribution in [0.3, 0.4) is 0 Å². The highest BCUT2D eigenvalue weighted by molar-refractivity contribution is 5.79. The Kier molecular flexibility index (Phi) is 7.33. The molecule has 1 aliphatic rings. The van der Waals surface area contributed by atoms with Gasteiger partial charge in [-0.2, -0.15) is 0 Å². The average Bonchev–Trinajstić information content (AvgIpc) is 2.85. The highest BCUT2D eigenvalue weighted by atomic mass is 16.5. The molecule has 0 saturated carbocycles. The molecule has 6 nitrogen and oxygen atoms in total. The number of hydrogen-bond donors (Lipinski definition) is 1. The maximum atomic E-state index is 12.6. The molecule has 0 radical (unpaired) electrons. The van der Waals surface area contributed by atoms with Crippen molar-refractivity contribution in [1.82, 2.24) is 15.3 Å². The number of benzene rings is 2. The number of nitrogens with zero attached hydrogens (tertiary/aromatic N) is 3. The Balaban J connectivity index is 1.26. The lowest BCUT2D eigenvalue weighted by Crippen LogP contribution is -2.41. The van der Waals surface area contributed by atoms with E-state index in [2.05, 4.69) is 51.4 Å². The number of anilines is 1. The topological polar surface area (TPSA) is 67.3 Å². The van der Waals surface area contributed by atoms with Gasteiger partial charge < -0.3 is 15.0 Å². The van der Waals surface area contributed by atoms with Crippen LogP contribution in [0.15, 0.2) is 67.0 Å². The Morgan fingerprint density at radius 3 is 2.50 bits per heavy atom. The minimum absolute atomic E-state index is 0.0525. The summed E-state index contributed by atoms with van der Waals surface area (Å²) >= 11 is 0. The van der Waals surface area contributed by atoms with Crippen molar-refractivity contribution in [3.05, 3.63) is 78.1 Å². The molecule has 0 aliphatic carbocycles.